The maximum Gasteiger partial charge on any atom is 0.305 e. The normalized spacial score (nSPS) is 18.2. The van der Waals surface area contributed by atoms with Gasteiger partial charge in [-0.1, -0.05) is 294 Å². The van der Waals surface area contributed by atoms with Crippen molar-refractivity contribution in [2.75, 3.05) is 19.8 Å². The predicted octanol–water partition coefficient (Wildman–Crippen LogP) is 18.7. The number of carbonyl (C=O) groups excluding carboxylic acids is 2. The van der Waals surface area contributed by atoms with Gasteiger partial charge in [-0.05, 0) is 89.9 Å². The van der Waals surface area contributed by atoms with Crippen molar-refractivity contribution in [3.8, 4) is 0 Å². The molecule has 7 atom stereocenters. The first-order valence-electron chi connectivity index (χ1n) is 36.4. The van der Waals surface area contributed by atoms with E-state index >= 15 is 0 Å². The zero-order valence-corrected chi connectivity index (χ0v) is 55.3. The largest absolute Gasteiger partial charge is 0.466 e. The zero-order valence-electron chi connectivity index (χ0n) is 55.3. The van der Waals surface area contributed by atoms with E-state index in [1.54, 1.807) is 6.08 Å². The number of rotatable bonds is 64. The summed E-state index contributed by atoms with van der Waals surface area (Å²) in [5.74, 6) is -0.180. The molecule has 7 unspecified atom stereocenters. The first kappa shape index (κ1) is 80.6. The fraction of sp³-hybridized carbons (Fsp3) is 0.865. The van der Waals surface area contributed by atoms with Crippen LogP contribution in [0.4, 0.5) is 0 Å². The van der Waals surface area contributed by atoms with Gasteiger partial charge in [-0.15, -0.1) is 0 Å². The summed E-state index contributed by atoms with van der Waals surface area (Å²) in [5.41, 5.74) is 0. The minimum absolute atomic E-state index is 0.00200. The Hall–Kier alpha value is -2.38. The van der Waals surface area contributed by atoms with E-state index in [4.69, 9.17) is 14.2 Å². The summed E-state index contributed by atoms with van der Waals surface area (Å²) >= 11 is 0. The number of esters is 1. The Balaban J connectivity index is 1.91. The third-order valence-electron chi connectivity index (χ3n) is 17.2. The molecule has 0 aromatic carbocycles. The van der Waals surface area contributed by atoms with E-state index in [-0.39, 0.29) is 18.5 Å². The second-order valence-electron chi connectivity index (χ2n) is 25.3. The number of nitrogens with one attached hydrogen (secondary N) is 1. The lowest BCUT2D eigenvalue weighted by molar-refractivity contribution is -0.302. The SMILES string of the molecule is CCCCCCCC/C=C\CCCCCCCCCC(=O)OCCCCCCCCCCC/C=C\C/C=C\CCCCCCCCCCCCCCCCCC(=O)NC(COC1OC(CO)C(O)C(O)C1O)C(O)/C=C/CCCCCCCCC. The van der Waals surface area contributed by atoms with Crippen LogP contribution >= 0.6 is 0 Å². The molecule has 85 heavy (non-hydrogen) atoms. The van der Waals surface area contributed by atoms with E-state index in [1.807, 2.05) is 6.08 Å². The molecule has 1 amide bonds. The van der Waals surface area contributed by atoms with E-state index in [0.717, 1.165) is 64.2 Å². The molecule has 1 aliphatic heterocycles. The fourth-order valence-electron chi connectivity index (χ4n) is 11.4. The van der Waals surface area contributed by atoms with Gasteiger partial charge in [0, 0.05) is 12.8 Å². The first-order chi connectivity index (χ1) is 41.7. The zero-order chi connectivity index (χ0) is 61.6. The van der Waals surface area contributed by atoms with Gasteiger partial charge < -0.3 is 45.1 Å². The molecule has 0 aromatic rings. The lowest BCUT2D eigenvalue weighted by Crippen LogP contribution is -2.60. The molecule has 1 rings (SSSR count). The van der Waals surface area contributed by atoms with Gasteiger partial charge in [-0.2, -0.15) is 0 Å². The lowest BCUT2D eigenvalue weighted by Gasteiger charge is -2.40. The Labute approximate surface area is 523 Å². The van der Waals surface area contributed by atoms with Crippen molar-refractivity contribution in [1.29, 1.82) is 0 Å². The molecule has 0 saturated carbocycles. The molecule has 0 aromatic heterocycles. The number of hydrogen-bond acceptors (Lipinski definition) is 10. The van der Waals surface area contributed by atoms with Crippen LogP contribution in [0.3, 0.4) is 0 Å². The molecular formula is C74H137NO10. The van der Waals surface area contributed by atoms with Crippen LogP contribution in [-0.2, 0) is 23.8 Å². The molecule has 6 N–H and O–H groups in total. The summed E-state index contributed by atoms with van der Waals surface area (Å²) < 4.78 is 16.7. The molecule has 11 heteroatoms. The van der Waals surface area contributed by atoms with E-state index < -0.39 is 49.5 Å². The summed E-state index contributed by atoms with van der Waals surface area (Å²) in [6.07, 6.45) is 72.7. The molecule has 11 nitrogen and oxygen atoms in total. The van der Waals surface area contributed by atoms with Gasteiger partial charge in [0.2, 0.25) is 5.91 Å². The van der Waals surface area contributed by atoms with Crippen molar-refractivity contribution in [1.82, 2.24) is 5.32 Å². The smallest absolute Gasteiger partial charge is 0.305 e. The standard InChI is InChI=1S/C74H137NO10/c1-3-5-7-9-11-13-14-15-16-32-36-39-42-46-50-54-58-62-70(79)83-63-59-55-51-47-43-40-37-34-31-29-27-25-23-21-19-17-18-20-22-24-26-28-30-33-35-38-41-45-49-53-57-61-69(78)75-66(67(77)60-56-52-48-44-12-10-8-6-4-2)65-84-74-73(82)72(81)71(80)68(64-76)85-74/h15-16,19,21,25,27,56,60,66-68,71-74,76-77,80-82H,3-14,17-18,20,22-24,26,28-55,57-59,61-65H2,1-2H3,(H,75,78)/b16-15-,21-19-,27-25-,60-56+. The third kappa shape index (κ3) is 52.1. The van der Waals surface area contributed by atoms with Crippen molar-refractivity contribution in [2.24, 2.45) is 0 Å². The number of hydrogen-bond donors (Lipinski definition) is 6. The first-order valence-corrected chi connectivity index (χ1v) is 36.4. The number of ether oxygens (including phenoxy) is 3. The summed E-state index contributed by atoms with van der Waals surface area (Å²) in [5, 5.41) is 54.3. The summed E-state index contributed by atoms with van der Waals surface area (Å²) in [4.78, 5) is 25.1. The summed E-state index contributed by atoms with van der Waals surface area (Å²) in [6, 6.07) is -0.809. The van der Waals surface area contributed by atoms with Gasteiger partial charge in [0.05, 0.1) is 32.0 Å². The van der Waals surface area contributed by atoms with Crippen LogP contribution in [0.15, 0.2) is 48.6 Å². The Morgan fingerprint density at radius 3 is 1.20 bits per heavy atom. The van der Waals surface area contributed by atoms with Crippen LogP contribution in [0.5, 0.6) is 0 Å². The minimum Gasteiger partial charge on any atom is -0.466 e. The highest BCUT2D eigenvalue weighted by Gasteiger charge is 2.44. The van der Waals surface area contributed by atoms with Gasteiger partial charge in [0.25, 0.3) is 0 Å². The molecule has 0 aliphatic carbocycles. The minimum atomic E-state index is -1.57. The van der Waals surface area contributed by atoms with Gasteiger partial charge in [0.15, 0.2) is 6.29 Å². The predicted molar refractivity (Wildman–Crippen MR) is 357 cm³/mol. The highest BCUT2D eigenvalue weighted by atomic mass is 16.7. The Morgan fingerprint density at radius 1 is 0.435 bits per heavy atom. The van der Waals surface area contributed by atoms with E-state index in [2.05, 4.69) is 55.6 Å². The molecule has 0 bridgehead atoms. The van der Waals surface area contributed by atoms with Crippen LogP contribution in [0.25, 0.3) is 0 Å². The number of amides is 1. The molecule has 1 fully saturated rings. The van der Waals surface area contributed by atoms with E-state index in [1.165, 1.54) is 257 Å². The van der Waals surface area contributed by atoms with Crippen molar-refractivity contribution in [3.63, 3.8) is 0 Å². The van der Waals surface area contributed by atoms with Crippen LogP contribution in [0, 0.1) is 0 Å². The molecule has 0 spiro atoms. The number of carbonyl (C=O) groups is 2. The van der Waals surface area contributed by atoms with Crippen LogP contribution in [0.1, 0.15) is 348 Å². The van der Waals surface area contributed by atoms with Crippen LogP contribution < -0.4 is 5.32 Å². The van der Waals surface area contributed by atoms with Crippen molar-refractivity contribution in [2.45, 2.75) is 391 Å². The summed E-state index contributed by atoms with van der Waals surface area (Å²) in [6.45, 7) is 4.33. The molecule has 0 radical (unpaired) electrons. The van der Waals surface area contributed by atoms with Crippen molar-refractivity contribution in [3.05, 3.63) is 48.6 Å². The van der Waals surface area contributed by atoms with Crippen LogP contribution in [0.2, 0.25) is 0 Å². The van der Waals surface area contributed by atoms with Crippen molar-refractivity contribution >= 4 is 11.9 Å². The third-order valence-corrected chi connectivity index (χ3v) is 17.2. The average molecular weight is 1200 g/mol. The number of unbranched alkanes of at least 4 members (excludes halogenated alkanes) is 44. The van der Waals surface area contributed by atoms with Gasteiger partial charge in [0.1, 0.15) is 24.4 Å². The lowest BCUT2D eigenvalue weighted by atomic mass is 9.99. The van der Waals surface area contributed by atoms with E-state index in [0.29, 0.717) is 19.4 Å². The maximum absolute atomic E-state index is 13.0. The molecular weight excluding hydrogens is 1060 g/mol. The van der Waals surface area contributed by atoms with Gasteiger partial charge in [-0.25, -0.2) is 0 Å². The maximum atomic E-state index is 13.0. The molecule has 1 aliphatic rings. The Morgan fingerprint density at radius 2 is 0.788 bits per heavy atom. The molecule has 1 heterocycles. The number of aliphatic hydroxyl groups excluding tert-OH is 5. The monoisotopic (exact) mass is 1200 g/mol. The molecule has 1 saturated heterocycles. The molecule has 498 valence electrons. The average Bonchev–Trinajstić information content (AvgIpc) is 3.60. The topological polar surface area (TPSA) is 175 Å². The summed E-state index contributed by atoms with van der Waals surface area (Å²) in [7, 11) is 0. The highest BCUT2D eigenvalue weighted by Crippen LogP contribution is 2.23. The number of aliphatic hydroxyl groups is 5. The highest BCUT2D eigenvalue weighted by molar-refractivity contribution is 5.76. The van der Waals surface area contributed by atoms with Crippen LogP contribution in [-0.4, -0.2) is 100 Å². The van der Waals surface area contributed by atoms with Gasteiger partial charge in [-0.3, -0.25) is 9.59 Å². The quantitative estimate of drug-likeness (QED) is 0.0195. The van der Waals surface area contributed by atoms with Crippen molar-refractivity contribution < 1.29 is 49.3 Å². The second kappa shape index (κ2) is 63.2. The fourth-order valence-corrected chi connectivity index (χ4v) is 11.4. The second-order valence-corrected chi connectivity index (χ2v) is 25.3. The Bertz CT molecular complexity index is 1550. The van der Waals surface area contributed by atoms with Gasteiger partial charge >= 0.3 is 5.97 Å². The van der Waals surface area contributed by atoms with E-state index in [9.17, 15) is 35.1 Å². The Kier molecular flexibility index (Phi) is 60.0. The number of allylic oxidation sites excluding steroid dienone is 7.